The Balaban J connectivity index is 2.50. The predicted octanol–water partition coefficient (Wildman–Crippen LogP) is 0.301. The average Bonchev–Trinajstić information content (AvgIpc) is 2.73. The topological polar surface area (TPSA) is 67.4 Å². The Labute approximate surface area is 102 Å². The number of hydrogen-bond donors (Lipinski definition) is 2. The molecule has 2 N–H and O–H groups in total. The Morgan fingerprint density at radius 2 is 2.12 bits per heavy atom. The molecule has 0 aromatic carbocycles. The summed E-state index contributed by atoms with van der Waals surface area (Å²) in [6, 6.07) is 0. The molecule has 0 aromatic heterocycles. The zero-order chi connectivity index (χ0) is 13.1. The van der Waals surface area contributed by atoms with E-state index in [1.165, 1.54) is 7.11 Å². The first-order chi connectivity index (χ1) is 7.82. The van der Waals surface area contributed by atoms with Crippen LogP contribution >= 0.6 is 0 Å². The molecule has 1 atom stereocenters. The van der Waals surface area contributed by atoms with E-state index in [4.69, 9.17) is 4.74 Å². The number of hydrogen-bond acceptors (Lipinski definition) is 4. The number of esters is 1. The van der Waals surface area contributed by atoms with Gasteiger partial charge in [0.2, 0.25) is 5.91 Å². The third-order valence-corrected chi connectivity index (χ3v) is 3.35. The predicted molar refractivity (Wildman–Crippen MR) is 64.4 cm³/mol. The second-order valence-electron chi connectivity index (χ2n) is 5.55. The van der Waals surface area contributed by atoms with Gasteiger partial charge in [-0.15, -0.1) is 0 Å². The fourth-order valence-corrected chi connectivity index (χ4v) is 1.87. The van der Waals surface area contributed by atoms with Crippen LogP contribution in [-0.4, -0.2) is 38.6 Å². The highest BCUT2D eigenvalue weighted by Crippen LogP contribution is 2.25. The third kappa shape index (κ3) is 3.19. The van der Waals surface area contributed by atoms with Crippen LogP contribution in [0.5, 0.6) is 0 Å². The molecule has 1 aliphatic heterocycles. The van der Waals surface area contributed by atoms with Crippen molar-refractivity contribution < 1.29 is 14.3 Å². The molecule has 1 rings (SSSR count). The molecular formula is C12H22N2O3. The van der Waals surface area contributed by atoms with Crippen LogP contribution in [0.25, 0.3) is 0 Å². The molecule has 0 aromatic rings. The average molecular weight is 242 g/mol. The van der Waals surface area contributed by atoms with Gasteiger partial charge in [0.15, 0.2) is 0 Å². The van der Waals surface area contributed by atoms with E-state index < -0.39 is 5.41 Å². The van der Waals surface area contributed by atoms with Gasteiger partial charge in [0.25, 0.3) is 0 Å². The molecule has 98 valence electrons. The van der Waals surface area contributed by atoms with Gasteiger partial charge in [-0.3, -0.25) is 9.59 Å². The van der Waals surface area contributed by atoms with Gasteiger partial charge >= 0.3 is 5.97 Å². The molecule has 1 heterocycles. The first-order valence-electron chi connectivity index (χ1n) is 5.89. The lowest BCUT2D eigenvalue weighted by Gasteiger charge is -2.26. The van der Waals surface area contributed by atoms with Crippen molar-refractivity contribution in [3.05, 3.63) is 0 Å². The molecule has 0 aliphatic carbocycles. The molecule has 5 nitrogen and oxygen atoms in total. The molecule has 1 amide bonds. The molecule has 0 spiro atoms. The third-order valence-electron chi connectivity index (χ3n) is 3.35. The fraction of sp³-hybridized carbons (Fsp3) is 0.833. The van der Waals surface area contributed by atoms with Crippen LogP contribution < -0.4 is 10.6 Å². The van der Waals surface area contributed by atoms with E-state index >= 15 is 0 Å². The van der Waals surface area contributed by atoms with E-state index in [0.29, 0.717) is 13.1 Å². The number of amides is 1. The zero-order valence-electron chi connectivity index (χ0n) is 11.1. The summed E-state index contributed by atoms with van der Waals surface area (Å²) < 4.78 is 4.70. The zero-order valence-corrected chi connectivity index (χ0v) is 11.1. The maximum Gasteiger partial charge on any atom is 0.313 e. The van der Waals surface area contributed by atoms with Crippen LogP contribution in [0.15, 0.2) is 0 Å². The number of carbonyl (C=O) groups is 2. The van der Waals surface area contributed by atoms with Crippen molar-refractivity contribution in [3.8, 4) is 0 Å². The van der Waals surface area contributed by atoms with E-state index in [1.807, 2.05) is 6.92 Å². The number of carbonyl (C=O) groups excluding carboxylic acids is 2. The van der Waals surface area contributed by atoms with Gasteiger partial charge in [-0.1, -0.05) is 0 Å². The van der Waals surface area contributed by atoms with E-state index in [9.17, 15) is 9.59 Å². The molecule has 1 saturated heterocycles. The first-order valence-corrected chi connectivity index (χ1v) is 5.89. The minimum Gasteiger partial charge on any atom is -0.469 e. The van der Waals surface area contributed by atoms with Gasteiger partial charge in [0, 0.05) is 13.1 Å². The Morgan fingerprint density at radius 1 is 1.47 bits per heavy atom. The fourth-order valence-electron chi connectivity index (χ4n) is 1.87. The molecule has 1 fully saturated rings. The van der Waals surface area contributed by atoms with E-state index in [1.54, 1.807) is 13.8 Å². The van der Waals surface area contributed by atoms with Crippen molar-refractivity contribution in [2.24, 2.45) is 10.8 Å². The highest BCUT2D eigenvalue weighted by Gasteiger charge is 2.38. The van der Waals surface area contributed by atoms with Gasteiger partial charge in [-0.25, -0.2) is 0 Å². The summed E-state index contributed by atoms with van der Waals surface area (Å²) in [5, 5.41) is 6.01. The van der Waals surface area contributed by atoms with Crippen molar-refractivity contribution in [1.82, 2.24) is 10.6 Å². The molecule has 1 aliphatic rings. The minimum absolute atomic E-state index is 0.000483. The van der Waals surface area contributed by atoms with Gasteiger partial charge in [-0.2, -0.15) is 0 Å². The molecule has 0 bridgehead atoms. The van der Waals surface area contributed by atoms with Gasteiger partial charge in [0.1, 0.15) is 0 Å². The quantitative estimate of drug-likeness (QED) is 0.696. The minimum atomic E-state index is -0.688. The Kier molecular flexibility index (Phi) is 4.14. The molecule has 1 unspecified atom stereocenters. The molecule has 17 heavy (non-hydrogen) atoms. The Hall–Kier alpha value is -1.10. The van der Waals surface area contributed by atoms with E-state index in [0.717, 1.165) is 13.0 Å². The maximum atomic E-state index is 12.0. The SMILES string of the molecule is COC(=O)C(C)(C)CNC(=O)C1(C)CCNC1. The van der Waals surface area contributed by atoms with Crippen LogP contribution in [0, 0.1) is 10.8 Å². The van der Waals surface area contributed by atoms with Crippen LogP contribution in [0.4, 0.5) is 0 Å². The smallest absolute Gasteiger partial charge is 0.313 e. The molecule has 0 radical (unpaired) electrons. The van der Waals surface area contributed by atoms with Gasteiger partial charge in [0.05, 0.1) is 17.9 Å². The Morgan fingerprint density at radius 3 is 2.59 bits per heavy atom. The lowest BCUT2D eigenvalue weighted by molar-refractivity contribution is -0.150. The maximum absolute atomic E-state index is 12.0. The number of rotatable bonds is 4. The van der Waals surface area contributed by atoms with Gasteiger partial charge in [-0.05, 0) is 33.7 Å². The summed E-state index contributed by atoms with van der Waals surface area (Å²) in [6.45, 7) is 7.31. The molecule has 5 heteroatoms. The lowest BCUT2D eigenvalue weighted by atomic mass is 9.87. The van der Waals surface area contributed by atoms with Crippen molar-refractivity contribution in [3.63, 3.8) is 0 Å². The second kappa shape index (κ2) is 5.04. The highest BCUT2D eigenvalue weighted by atomic mass is 16.5. The van der Waals surface area contributed by atoms with Crippen molar-refractivity contribution in [2.75, 3.05) is 26.7 Å². The number of nitrogens with one attached hydrogen (secondary N) is 2. The summed E-state index contributed by atoms with van der Waals surface area (Å²) in [5.74, 6) is -0.313. The van der Waals surface area contributed by atoms with Crippen LogP contribution in [0.1, 0.15) is 27.2 Å². The molecule has 0 saturated carbocycles. The van der Waals surface area contributed by atoms with Crippen molar-refractivity contribution >= 4 is 11.9 Å². The van der Waals surface area contributed by atoms with Crippen molar-refractivity contribution in [2.45, 2.75) is 27.2 Å². The number of methoxy groups -OCH3 is 1. The summed E-state index contributed by atoms with van der Waals surface area (Å²) >= 11 is 0. The number of ether oxygens (including phenoxy) is 1. The van der Waals surface area contributed by atoms with E-state index in [2.05, 4.69) is 10.6 Å². The van der Waals surface area contributed by atoms with Crippen LogP contribution in [0.3, 0.4) is 0 Å². The van der Waals surface area contributed by atoms with Crippen molar-refractivity contribution in [1.29, 1.82) is 0 Å². The molecular weight excluding hydrogens is 220 g/mol. The largest absolute Gasteiger partial charge is 0.469 e. The first kappa shape index (κ1) is 14.0. The van der Waals surface area contributed by atoms with Crippen LogP contribution in [-0.2, 0) is 14.3 Å². The highest BCUT2D eigenvalue weighted by molar-refractivity contribution is 5.84. The summed E-state index contributed by atoms with van der Waals surface area (Å²) in [5.41, 5.74) is -1.04. The lowest BCUT2D eigenvalue weighted by Crippen LogP contribution is -2.46. The van der Waals surface area contributed by atoms with E-state index in [-0.39, 0.29) is 17.3 Å². The van der Waals surface area contributed by atoms with Gasteiger partial charge < -0.3 is 15.4 Å². The Bertz CT molecular complexity index is 307. The normalized spacial score (nSPS) is 24.5. The second-order valence-corrected chi connectivity index (χ2v) is 5.55. The standard InChI is InChI=1S/C12H22N2O3/c1-11(2,10(16)17-4)7-14-9(15)12(3)5-6-13-8-12/h13H,5-8H2,1-4H3,(H,14,15). The van der Waals surface area contributed by atoms with Crippen LogP contribution in [0.2, 0.25) is 0 Å². The summed E-state index contributed by atoms with van der Waals surface area (Å²) in [7, 11) is 1.36. The summed E-state index contributed by atoms with van der Waals surface area (Å²) in [4.78, 5) is 23.5. The monoisotopic (exact) mass is 242 g/mol. The summed E-state index contributed by atoms with van der Waals surface area (Å²) in [6.07, 6.45) is 0.831.